The van der Waals surface area contributed by atoms with Crippen molar-refractivity contribution in [1.29, 1.82) is 0 Å². The quantitative estimate of drug-likeness (QED) is 0.800. The van der Waals surface area contributed by atoms with Crippen LogP contribution in [0.1, 0.15) is 30.6 Å². The maximum atomic E-state index is 11.4. The van der Waals surface area contributed by atoms with Gasteiger partial charge in [-0.15, -0.1) is 0 Å². The van der Waals surface area contributed by atoms with Crippen LogP contribution in [0, 0.1) is 5.92 Å². The van der Waals surface area contributed by atoms with Gasteiger partial charge in [0.25, 0.3) is 5.91 Å². The van der Waals surface area contributed by atoms with Gasteiger partial charge in [0, 0.05) is 24.8 Å². The molecule has 0 aliphatic rings. The van der Waals surface area contributed by atoms with Gasteiger partial charge < -0.3 is 10.6 Å². The Kier molecular flexibility index (Phi) is 4.83. The van der Waals surface area contributed by atoms with Crippen LogP contribution in [0.2, 0.25) is 0 Å². The molecule has 0 heterocycles. The molecule has 0 aromatic heterocycles. The number of amides is 1. The van der Waals surface area contributed by atoms with E-state index in [1.54, 1.807) is 7.05 Å². The lowest BCUT2D eigenvalue weighted by Gasteiger charge is -2.09. The highest BCUT2D eigenvalue weighted by atomic mass is 16.1. The molecule has 0 unspecified atom stereocenters. The highest BCUT2D eigenvalue weighted by Crippen LogP contribution is 2.11. The molecule has 0 aliphatic carbocycles. The summed E-state index contributed by atoms with van der Waals surface area (Å²) >= 11 is 0. The van der Waals surface area contributed by atoms with E-state index in [-0.39, 0.29) is 5.91 Å². The third kappa shape index (κ3) is 3.93. The maximum absolute atomic E-state index is 11.4. The largest absolute Gasteiger partial charge is 0.385 e. The summed E-state index contributed by atoms with van der Waals surface area (Å²) in [4.78, 5) is 11.4. The van der Waals surface area contributed by atoms with Gasteiger partial charge in [-0.2, -0.15) is 0 Å². The second-order valence-corrected chi connectivity index (χ2v) is 4.27. The molecule has 1 aromatic carbocycles. The van der Waals surface area contributed by atoms with Crippen molar-refractivity contribution in [2.24, 2.45) is 5.92 Å². The van der Waals surface area contributed by atoms with Crippen molar-refractivity contribution < 1.29 is 4.79 Å². The minimum Gasteiger partial charge on any atom is -0.385 e. The molecule has 0 bridgehead atoms. The van der Waals surface area contributed by atoms with Gasteiger partial charge in [0.05, 0.1) is 0 Å². The Labute approximate surface area is 97.2 Å². The van der Waals surface area contributed by atoms with Crippen molar-refractivity contribution in [3.8, 4) is 0 Å². The van der Waals surface area contributed by atoms with Crippen molar-refractivity contribution in [1.82, 2.24) is 5.32 Å². The molecule has 2 N–H and O–H groups in total. The van der Waals surface area contributed by atoms with Crippen molar-refractivity contribution >= 4 is 11.6 Å². The topological polar surface area (TPSA) is 41.1 Å². The molecule has 1 rings (SSSR count). The molecule has 1 amide bonds. The number of hydrogen-bond donors (Lipinski definition) is 2. The summed E-state index contributed by atoms with van der Waals surface area (Å²) in [6.45, 7) is 5.33. The smallest absolute Gasteiger partial charge is 0.251 e. The van der Waals surface area contributed by atoms with Crippen molar-refractivity contribution in [2.45, 2.75) is 20.3 Å². The molecule has 1 aromatic rings. The van der Waals surface area contributed by atoms with E-state index in [9.17, 15) is 4.79 Å². The van der Waals surface area contributed by atoms with Gasteiger partial charge in [0.1, 0.15) is 0 Å². The molecule has 3 nitrogen and oxygen atoms in total. The van der Waals surface area contributed by atoms with Gasteiger partial charge in [-0.3, -0.25) is 4.79 Å². The molecule has 0 saturated heterocycles. The second-order valence-electron chi connectivity index (χ2n) is 4.27. The molecule has 0 saturated carbocycles. The third-order valence-corrected chi connectivity index (χ3v) is 2.40. The fourth-order valence-corrected chi connectivity index (χ4v) is 1.42. The molecule has 16 heavy (non-hydrogen) atoms. The molecular formula is C13H20N2O. The zero-order chi connectivity index (χ0) is 12.0. The highest BCUT2D eigenvalue weighted by Gasteiger charge is 2.03. The van der Waals surface area contributed by atoms with E-state index in [0.29, 0.717) is 11.5 Å². The average molecular weight is 220 g/mol. The van der Waals surface area contributed by atoms with Crippen LogP contribution in [0.4, 0.5) is 5.69 Å². The zero-order valence-corrected chi connectivity index (χ0v) is 10.2. The number of hydrogen-bond acceptors (Lipinski definition) is 2. The van der Waals surface area contributed by atoms with Crippen LogP contribution in [-0.2, 0) is 0 Å². The molecule has 0 aliphatic heterocycles. The van der Waals surface area contributed by atoms with Crippen LogP contribution < -0.4 is 10.6 Å². The Morgan fingerprint density at radius 2 is 2.12 bits per heavy atom. The Morgan fingerprint density at radius 1 is 1.38 bits per heavy atom. The molecule has 0 fully saturated rings. The number of anilines is 1. The average Bonchev–Trinajstić information content (AvgIpc) is 2.28. The molecule has 0 radical (unpaired) electrons. The SMILES string of the molecule is CNC(=O)c1cccc(NCCC(C)C)c1. The first-order valence-corrected chi connectivity index (χ1v) is 5.69. The summed E-state index contributed by atoms with van der Waals surface area (Å²) in [7, 11) is 1.64. The maximum Gasteiger partial charge on any atom is 0.251 e. The number of rotatable bonds is 5. The lowest BCUT2D eigenvalue weighted by atomic mass is 10.1. The normalized spacial score (nSPS) is 10.2. The van der Waals surface area contributed by atoms with Crippen LogP contribution in [0.5, 0.6) is 0 Å². The Bertz CT molecular complexity index is 348. The van der Waals surface area contributed by atoms with Crippen LogP contribution in [-0.4, -0.2) is 19.5 Å². The van der Waals surface area contributed by atoms with Crippen LogP contribution in [0.25, 0.3) is 0 Å². The third-order valence-electron chi connectivity index (χ3n) is 2.40. The second kappa shape index (κ2) is 6.16. The fraction of sp³-hybridized carbons (Fsp3) is 0.462. The first-order chi connectivity index (χ1) is 7.63. The van der Waals surface area contributed by atoms with Crippen molar-refractivity contribution in [3.63, 3.8) is 0 Å². The monoisotopic (exact) mass is 220 g/mol. The van der Waals surface area contributed by atoms with E-state index in [2.05, 4.69) is 24.5 Å². The summed E-state index contributed by atoms with van der Waals surface area (Å²) < 4.78 is 0. The van der Waals surface area contributed by atoms with E-state index in [1.165, 1.54) is 0 Å². The lowest BCUT2D eigenvalue weighted by Crippen LogP contribution is -2.17. The van der Waals surface area contributed by atoms with Crippen LogP contribution in [0.15, 0.2) is 24.3 Å². The number of benzene rings is 1. The number of carbonyl (C=O) groups is 1. The molecule has 88 valence electrons. The van der Waals surface area contributed by atoms with Gasteiger partial charge in [-0.1, -0.05) is 19.9 Å². The number of carbonyl (C=O) groups excluding carboxylic acids is 1. The first-order valence-electron chi connectivity index (χ1n) is 5.69. The lowest BCUT2D eigenvalue weighted by molar-refractivity contribution is 0.0963. The highest BCUT2D eigenvalue weighted by molar-refractivity contribution is 5.94. The Hall–Kier alpha value is -1.51. The van der Waals surface area contributed by atoms with Gasteiger partial charge in [-0.25, -0.2) is 0 Å². The van der Waals surface area contributed by atoms with Gasteiger partial charge >= 0.3 is 0 Å². The van der Waals surface area contributed by atoms with Crippen LogP contribution >= 0.6 is 0 Å². The van der Waals surface area contributed by atoms with Crippen molar-refractivity contribution in [2.75, 3.05) is 18.9 Å². The van der Waals surface area contributed by atoms with Crippen LogP contribution in [0.3, 0.4) is 0 Å². The van der Waals surface area contributed by atoms with E-state index < -0.39 is 0 Å². The summed E-state index contributed by atoms with van der Waals surface area (Å²) in [5, 5.41) is 5.93. The van der Waals surface area contributed by atoms with E-state index in [1.807, 2.05) is 24.3 Å². The predicted molar refractivity (Wildman–Crippen MR) is 67.8 cm³/mol. The minimum absolute atomic E-state index is 0.0486. The summed E-state index contributed by atoms with van der Waals surface area (Å²) in [6.07, 6.45) is 1.13. The van der Waals surface area contributed by atoms with Gasteiger partial charge in [0.2, 0.25) is 0 Å². The van der Waals surface area contributed by atoms with E-state index in [4.69, 9.17) is 0 Å². The minimum atomic E-state index is -0.0486. The standard InChI is InChI=1S/C13H20N2O/c1-10(2)7-8-15-12-6-4-5-11(9-12)13(16)14-3/h4-6,9-10,15H,7-8H2,1-3H3,(H,14,16). The first kappa shape index (κ1) is 12.6. The Morgan fingerprint density at radius 3 is 2.75 bits per heavy atom. The van der Waals surface area contributed by atoms with E-state index >= 15 is 0 Å². The van der Waals surface area contributed by atoms with Crippen molar-refractivity contribution in [3.05, 3.63) is 29.8 Å². The molecular weight excluding hydrogens is 200 g/mol. The summed E-state index contributed by atoms with van der Waals surface area (Å²) in [5.41, 5.74) is 1.69. The fourth-order valence-electron chi connectivity index (χ4n) is 1.42. The Balaban J connectivity index is 2.57. The molecule has 0 spiro atoms. The van der Waals surface area contributed by atoms with E-state index in [0.717, 1.165) is 18.7 Å². The molecule has 3 heteroatoms. The summed E-state index contributed by atoms with van der Waals surface area (Å²) in [6, 6.07) is 7.56. The zero-order valence-electron chi connectivity index (χ0n) is 10.2. The molecule has 0 atom stereocenters. The number of nitrogens with one attached hydrogen (secondary N) is 2. The van der Waals surface area contributed by atoms with Gasteiger partial charge in [-0.05, 0) is 30.5 Å². The van der Waals surface area contributed by atoms with Gasteiger partial charge in [0.15, 0.2) is 0 Å². The summed E-state index contributed by atoms with van der Waals surface area (Å²) in [5.74, 6) is 0.641. The predicted octanol–water partition coefficient (Wildman–Crippen LogP) is 2.50.